The summed E-state index contributed by atoms with van der Waals surface area (Å²) >= 11 is 0. The van der Waals surface area contributed by atoms with Crippen molar-refractivity contribution in [2.75, 3.05) is 18.4 Å². The predicted octanol–water partition coefficient (Wildman–Crippen LogP) is 2.22. The minimum absolute atomic E-state index is 0.00369. The van der Waals surface area contributed by atoms with Crippen LogP contribution in [0.3, 0.4) is 0 Å². The molecule has 0 bridgehead atoms. The number of nitrogens with zero attached hydrogens (tertiary/aromatic N) is 1. The fraction of sp³-hybridized carbons (Fsp3) is 0.500. The Hall–Kier alpha value is -2.37. The molecule has 0 radical (unpaired) electrons. The van der Waals surface area contributed by atoms with Crippen LogP contribution in [0.5, 0.6) is 0 Å². The first-order valence-corrected chi connectivity index (χ1v) is 8.38. The first kappa shape index (κ1) is 16.5. The number of carbonyl (C=O) groups excluding carboxylic acids is 2. The Kier molecular flexibility index (Phi) is 4.55. The van der Waals surface area contributed by atoms with Crippen LogP contribution in [0.1, 0.15) is 36.5 Å². The number of hydrogen-bond donors (Lipinski definition) is 2. The average Bonchev–Trinajstić information content (AvgIpc) is 3.31. The Bertz CT molecular complexity index is 673. The second kappa shape index (κ2) is 6.63. The van der Waals surface area contributed by atoms with Crippen molar-refractivity contribution in [3.8, 4) is 0 Å². The molecule has 1 aliphatic carbocycles. The van der Waals surface area contributed by atoms with E-state index in [1.54, 1.807) is 29.2 Å². The van der Waals surface area contributed by atoms with E-state index in [1.807, 2.05) is 6.92 Å². The number of piperidine rings is 1. The van der Waals surface area contributed by atoms with E-state index in [1.165, 1.54) is 0 Å². The summed E-state index contributed by atoms with van der Waals surface area (Å²) in [6, 6.07) is 6.86. The minimum Gasteiger partial charge on any atom is -0.481 e. The zero-order valence-electron chi connectivity index (χ0n) is 13.7. The predicted molar refractivity (Wildman–Crippen MR) is 88.6 cm³/mol. The number of hydrogen-bond acceptors (Lipinski definition) is 3. The lowest BCUT2D eigenvalue weighted by Gasteiger charge is -2.30. The summed E-state index contributed by atoms with van der Waals surface area (Å²) in [4.78, 5) is 37.4. The number of likely N-dealkylation sites (tertiary alicyclic amines) is 1. The lowest BCUT2D eigenvalue weighted by atomic mass is 9.97. The number of carboxylic acids is 1. The number of carbonyl (C=O) groups is 3. The van der Waals surface area contributed by atoms with Crippen molar-refractivity contribution in [1.29, 1.82) is 0 Å². The lowest BCUT2D eigenvalue weighted by Crippen LogP contribution is -2.42. The van der Waals surface area contributed by atoms with E-state index in [-0.39, 0.29) is 24.3 Å². The van der Waals surface area contributed by atoms with Gasteiger partial charge in [-0.25, -0.2) is 0 Å². The highest BCUT2D eigenvalue weighted by Gasteiger charge is 2.39. The van der Waals surface area contributed by atoms with Crippen molar-refractivity contribution >= 4 is 23.5 Å². The van der Waals surface area contributed by atoms with Crippen molar-refractivity contribution < 1.29 is 19.5 Å². The van der Waals surface area contributed by atoms with Gasteiger partial charge in [-0.2, -0.15) is 0 Å². The molecule has 1 saturated carbocycles. The van der Waals surface area contributed by atoms with Gasteiger partial charge in [0.25, 0.3) is 5.91 Å². The highest BCUT2D eigenvalue weighted by molar-refractivity contribution is 5.98. The maximum atomic E-state index is 12.6. The molecule has 3 rings (SSSR count). The van der Waals surface area contributed by atoms with E-state index in [2.05, 4.69) is 5.32 Å². The number of anilines is 1. The summed E-state index contributed by atoms with van der Waals surface area (Å²) in [6.45, 7) is 2.85. The zero-order valence-corrected chi connectivity index (χ0v) is 13.7. The fourth-order valence-electron chi connectivity index (χ4n) is 3.20. The van der Waals surface area contributed by atoms with Crippen molar-refractivity contribution in [2.24, 2.45) is 17.8 Å². The van der Waals surface area contributed by atoms with Gasteiger partial charge >= 0.3 is 5.97 Å². The van der Waals surface area contributed by atoms with Crippen LogP contribution in [-0.2, 0) is 9.59 Å². The van der Waals surface area contributed by atoms with Crippen LogP contribution in [0.4, 0.5) is 5.69 Å². The van der Waals surface area contributed by atoms with Crippen LogP contribution < -0.4 is 5.32 Å². The molecule has 6 nitrogen and oxygen atoms in total. The summed E-state index contributed by atoms with van der Waals surface area (Å²) in [5.41, 5.74) is 1.08. The lowest BCUT2D eigenvalue weighted by molar-refractivity contribution is -0.143. The normalized spacial score (nSPS) is 25.9. The molecule has 1 aromatic carbocycles. The molecule has 3 atom stereocenters. The van der Waals surface area contributed by atoms with E-state index in [0.717, 1.165) is 6.42 Å². The Morgan fingerprint density at radius 3 is 2.71 bits per heavy atom. The van der Waals surface area contributed by atoms with Gasteiger partial charge in [-0.1, -0.05) is 13.0 Å². The molecule has 1 aromatic rings. The minimum atomic E-state index is -0.855. The summed E-state index contributed by atoms with van der Waals surface area (Å²) in [5.74, 6) is -1.04. The molecular weight excluding hydrogens is 308 g/mol. The number of nitrogens with one attached hydrogen (secondary N) is 1. The molecule has 3 unspecified atom stereocenters. The quantitative estimate of drug-likeness (QED) is 0.886. The van der Waals surface area contributed by atoms with Crippen molar-refractivity contribution in [1.82, 2.24) is 4.90 Å². The maximum absolute atomic E-state index is 12.6. The average molecular weight is 330 g/mol. The molecule has 2 N–H and O–H groups in total. The standard InChI is InChI=1S/C18H22N2O4/c1-11-8-15(11)16(21)19-14-6-2-4-12(9-14)17(22)20-7-3-5-13(10-20)18(23)24/h2,4,6,9,11,13,15H,3,5,7-8,10H2,1H3,(H,19,21)(H,23,24). The monoisotopic (exact) mass is 330 g/mol. The van der Waals surface area contributed by atoms with Gasteiger partial charge in [0.15, 0.2) is 0 Å². The van der Waals surface area contributed by atoms with E-state index in [4.69, 9.17) is 5.11 Å². The number of benzene rings is 1. The number of rotatable bonds is 4. The largest absolute Gasteiger partial charge is 0.481 e. The maximum Gasteiger partial charge on any atom is 0.308 e. The van der Waals surface area contributed by atoms with Crippen LogP contribution in [-0.4, -0.2) is 40.9 Å². The van der Waals surface area contributed by atoms with Crippen molar-refractivity contribution in [3.05, 3.63) is 29.8 Å². The summed E-state index contributed by atoms with van der Waals surface area (Å²) < 4.78 is 0. The second-order valence-electron chi connectivity index (χ2n) is 6.82. The number of aliphatic carboxylic acids is 1. The highest BCUT2D eigenvalue weighted by atomic mass is 16.4. The first-order valence-electron chi connectivity index (χ1n) is 8.38. The van der Waals surface area contributed by atoms with Gasteiger partial charge in [0.05, 0.1) is 5.92 Å². The summed E-state index contributed by atoms with van der Waals surface area (Å²) in [6.07, 6.45) is 2.21. The molecule has 24 heavy (non-hydrogen) atoms. The van der Waals surface area contributed by atoms with Crippen LogP contribution in [0.25, 0.3) is 0 Å². The van der Waals surface area contributed by atoms with E-state index < -0.39 is 11.9 Å². The topological polar surface area (TPSA) is 86.7 Å². The van der Waals surface area contributed by atoms with E-state index in [9.17, 15) is 14.4 Å². The van der Waals surface area contributed by atoms with Crippen molar-refractivity contribution in [2.45, 2.75) is 26.2 Å². The van der Waals surface area contributed by atoms with Crippen LogP contribution in [0.2, 0.25) is 0 Å². The molecule has 2 amide bonds. The van der Waals surface area contributed by atoms with Gasteiger partial charge in [-0.15, -0.1) is 0 Å². The Labute approximate surface area is 140 Å². The second-order valence-corrected chi connectivity index (χ2v) is 6.82. The number of carboxylic acid groups (broad SMARTS) is 1. The van der Waals surface area contributed by atoms with E-state index >= 15 is 0 Å². The van der Waals surface area contributed by atoms with Crippen LogP contribution in [0, 0.1) is 17.8 Å². The first-order chi connectivity index (χ1) is 11.5. The van der Waals surface area contributed by atoms with Crippen molar-refractivity contribution in [3.63, 3.8) is 0 Å². The Morgan fingerprint density at radius 2 is 2.04 bits per heavy atom. The molecule has 128 valence electrons. The smallest absolute Gasteiger partial charge is 0.308 e. The van der Waals surface area contributed by atoms with E-state index in [0.29, 0.717) is 36.6 Å². The SMILES string of the molecule is CC1CC1C(=O)Nc1cccc(C(=O)N2CCCC(C(=O)O)C2)c1. The molecule has 1 aliphatic heterocycles. The Morgan fingerprint density at radius 1 is 1.29 bits per heavy atom. The van der Waals surface area contributed by atoms with Crippen LogP contribution >= 0.6 is 0 Å². The molecule has 6 heteroatoms. The third-order valence-corrected chi connectivity index (χ3v) is 4.88. The summed E-state index contributed by atoms with van der Waals surface area (Å²) in [5, 5.41) is 12.0. The third kappa shape index (κ3) is 3.58. The van der Waals surface area contributed by atoms with Gasteiger partial charge < -0.3 is 15.3 Å². The van der Waals surface area contributed by atoms with Gasteiger partial charge in [-0.05, 0) is 43.4 Å². The van der Waals surface area contributed by atoms with Crippen LogP contribution in [0.15, 0.2) is 24.3 Å². The summed E-state index contributed by atoms with van der Waals surface area (Å²) in [7, 11) is 0. The highest BCUT2D eigenvalue weighted by Crippen LogP contribution is 2.38. The van der Waals surface area contributed by atoms with Gasteiger partial charge in [0.1, 0.15) is 0 Å². The molecule has 1 heterocycles. The fourth-order valence-corrected chi connectivity index (χ4v) is 3.20. The Balaban J connectivity index is 1.67. The van der Waals surface area contributed by atoms with Gasteiger partial charge in [-0.3, -0.25) is 14.4 Å². The molecular formula is C18H22N2O4. The van der Waals surface area contributed by atoms with Gasteiger partial charge in [0.2, 0.25) is 5.91 Å². The van der Waals surface area contributed by atoms with Gasteiger partial charge in [0, 0.05) is 30.3 Å². The number of amides is 2. The third-order valence-electron chi connectivity index (χ3n) is 4.88. The molecule has 0 aromatic heterocycles. The molecule has 2 aliphatic rings. The molecule has 2 fully saturated rings. The molecule has 1 saturated heterocycles. The molecule has 0 spiro atoms. The zero-order chi connectivity index (χ0) is 17.3.